The van der Waals surface area contributed by atoms with Crippen LogP contribution < -0.4 is 5.32 Å². The molecule has 1 aliphatic heterocycles. The highest BCUT2D eigenvalue weighted by Gasteiger charge is 2.10. The van der Waals surface area contributed by atoms with Crippen LogP contribution in [-0.2, 0) is 0 Å². The van der Waals surface area contributed by atoms with E-state index < -0.39 is 0 Å². The summed E-state index contributed by atoms with van der Waals surface area (Å²) in [4.78, 5) is 5.07. The molecule has 96 valence electrons. The average Bonchev–Trinajstić information content (AvgIpc) is 2.78. The van der Waals surface area contributed by atoms with Crippen LogP contribution >= 0.6 is 0 Å². The zero-order valence-corrected chi connectivity index (χ0v) is 11.2. The van der Waals surface area contributed by atoms with Crippen molar-refractivity contribution in [2.24, 2.45) is 0 Å². The van der Waals surface area contributed by atoms with E-state index in [0.29, 0.717) is 0 Å². The predicted octanol–water partition coefficient (Wildman–Crippen LogP) is 1.40. The summed E-state index contributed by atoms with van der Waals surface area (Å²) in [5.41, 5.74) is 0. The van der Waals surface area contributed by atoms with Crippen molar-refractivity contribution in [1.29, 1.82) is 0 Å². The van der Waals surface area contributed by atoms with Gasteiger partial charge in [-0.1, -0.05) is 0 Å². The fourth-order valence-electron chi connectivity index (χ4n) is 2.36. The third kappa shape index (κ3) is 6.46. The van der Waals surface area contributed by atoms with Crippen LogP contribution in [0.3, 0.4) is 0 Å². The molecule has 1 rings (SSSR count). The van der Waals surface area contributed by atoms with Crippen molar-refractivity contribution in [2.45, 2.75) is 32.1 Å². The molecule has 3 heteroatoms. The molecule has 0 unspecified atom stereocenters. The fraction of sp³-hybridized carbons (Fsp3) is 1.00. The molecule has 1 saturated heterocycles. The first kappa shape index (κ1) is 13.9. The Morgan fingerprint density at radius 3 is 2.44 bits per heavy atom. The van der Waals surface area contributed by atoms with Crippen molar-refractivity contribution in [3.05, 3.63) is 0 Å². The molecule has 1 N–H and O–H groups in total. The van der Waals surface area contributed by atoms with Gasteiger partial charge in [-0.25, -0.2) is 0 Å². The third-order valence-electron chi connectivity index (χ3n) is 3.43. The lowest BCUT2D eigenvalue weighted by atomic mass is 10.2. The van der Waals surface area contributed by atoms with Crippen LogP contribution in [0.4, 0.5) is 0 Å². The highest BCUT2D eigenvalue weighted by Crippen LogP contribution is 2.08. The molecule has 0 aromatic carbocycles. The average molecular weight is 227 g/mol. The molecule has 0 bridgehead atoms. The molecular weight excluding hydrogens is 198 g/mol. The lowest BCUT2D eigenvalue weighted by Crippen LogP contribution is -2.25. The number of rotatable bonds is 9. The first-order chi connectivity index (χ1) is 7.83. The Labute approximate surface area is 101 Å². The highest BCUT2D eigenvalue weighted by atomic mass is 15.1. The van der Waals surface area contributed by atoms with E-state index in [4.69, 9.17) is 0 Å². The van der Waals surface area contributed by atoms with Gasteiger partial charge >= 0.3 is 0 Å². The quantitative estimate of drug-likeness (QED) is 0.601. The van der Waals surface area contributed by atoms with Crippen LogP contribution in [0.2, 0.25) is 0 Å². The van der Waals surface area contributed by atoms with Crippen molar-refractivity contribution < 1.29 is 0 Å². The molecule has 16 heavy (non-hydrogen) atoms. The standard InChI is InChI=1S/C13H29N3/c1-14-8-7-10-15(2)9-3-4-11-16-12-5-6-13-16/h14H,3-13H2,1-2H3. The number of hydrogen-bond donors (Lipinski definition) is 1. The second-order valence-electron chi connectivity index (χ2n) is 5.02. The lowest BCUT2D eigenvalue weighted by molar-refractivity contribution is 0.292. The first-order valence-electron chi connectivity index (χ1n) is 6.88. The van der Waals surface area contributed by atoms with E-state index in [-0.39, 0.29) is 0 Å². The van der Waals surface area contributed by atoms with Gasteiger partial charge in [0.05, 0.1) is 0 Å². The van der Waals surface area contributed by atoms with Crippen molar-refractivity contribution in [1.82, 2.24) is 15.1 Å². The normalized spacial score (nSPS) is 17.4. The van der Waals surface area contributed by atoms with Crippen LogP contribution in [0.5, 0.6) is 0 Å². The Bertz CT molecular complexity index is 155. The van der Waals surface area contributed by atoms with Gasteiger partial charge in [0.25, 0.3) is 0 Å². The SMILES string of the molecule is CNCCCN(C)CCCCN1CCCC1. The topological polar surface area (TPSA) is 18.5 Å². The van der Waals surface area contributed by atoms with Crippen molar-refractivity contribution in [3.8, 4) is 0 Å². The number of hydrogen-bond acceptors (Lipinski definition) is 3. The van der Waals surface area contributed by atoms with Crippen LogP contribution in [-0.4, -0.2) is 63.2 Å². The maximum absolute atomic E-state index is 3.19. The minimum Gasteiger partial charge on any atom is -0.320 e. The number of nitrogens with zero attached hydrogens (tertiary/aromatic N) is 2. The molecule has 0 spiro atoms. The number of likely N-dealkylation sites (tertiary alicyclic amines) is 1. The molecule has 0 aromatic rings. The van der Waals surface area contributed by atoms with Gasteiger partial charge in [0.1, 0.15) is 0 Å². The molecule has 3 nitrogen and oxygen atoms in total. The summed E-state index contributed by atoms with van der Waals surface area (Å²) in [6.45, 7) is 7.64. The van der Waals surface area contributed by atoms with E-state index in [0.717, 1.165) is 6.54 Å². The predicted molar refractivity (Wildman–Crippen MR) is 70.9 cm³/mol. The summed E-state index contributed by atoms with van der Waals surface area (Å²) in [5.74, 6) is 0. The maximum atomic E-state index is 3.19. The zero-order chi connectivity index (χ0) is 11.6. The molecule has 1 fully saturated rings. The minimum absolute atomic E-state index is 1.14. The van der Waals surface area contributed by atoms with E-state index in [1.165, 1.54) is 64.8 Å². The molecule has 0 atom stereocenters. The van der Waals surface area contributed by atoms with Gasteiger partial charge in [0.15, 0.2) is 0 Å². The monoisotopic (exact) mass is 227 g/mol. The Balaban J connectivity index is 1.85. The van der Waals surface area contributed by atoms with E-state index in [2.05, 4.69) is 22.2 Å². The second kappa shape index (κ2) is 8.97. The second-order valence-corrected chi connectivity index (χ2v) is 5.02. The summed E-state index contributed by atoms with van der Waals surface area (Å²) in [5, 5.41) is 3.19. The van der Waals surface area contributed by atoms with E-state index in [1.807, 2.05) is 7.05 Å². The van der Waals surface area contributed by atoms with Crippen LogP contribution in [0, 0.1) is 0 Å². The molecule has 0 aromatic heterocycles. The number of nitrogens with one attached hydrogen (secondary N) is 1. The van der Waals surface area contributed by atoms with Crippen molar-refractivity contribution in [2.75, 3.05) is 53.4 Å². The summed E-state index contributed by atoms with van der Waals surface area (Å²) in [7, 11) is 4.27. The van der Waals surface area contributed by atoms with Crippen molar-refractivity contribution in [3.63, 3.8) is 0 Å². The molecular formula is C13H29N3. The highest BCUT2D eigenvalue weighted by molar-refractivity contribution is 4.66. The van der Waals surface area contributed by atoms with Crippen LogP contribution in [0.15, 0.2) is 0 Å². The smallest absolute Gasteiger partial charge is 0.000969 e. The third-order valence-corrected chi connectivity index (χ3v) is 3.43. The summed E-state index contributed by atoms with van der Waals surface area (Å²) < 4.78 is 0. The summed E-state index contributed by atoms with van der Waals surface area (Å²) >= 11 is 0. The molecule has 1 heterocycles. The first-order valence-corrected chi connectivity index (χ1v) is 6.88. The van der Waals surface area contributed by atoms with E-state index in [1.54, 1.807) is 0 Å². The van der Waals surface area contributed by atoms with Gasteiger partial charge in [-0.05, 0) is 85.5 Å². The Hall–Kier alpha value is -0.120. The zero-order valence-electron chi connectivity index (χ0n) is 11.2. The Morgan fingerprint density at radius 1 is 1.06 bits per heavy atom. The van der Waals surface area contributed by atoms with E-state index >= 15 is 0 Å². The van der Waals surface area contributed by atoms with Crippen molar-refractivity contribution >= 4 is 0 Å². The van der Waals surface area contributed by atoms with Gasteiger partial charge in [-0.3, -0.25) is 0 Å². The van der Waals surface area contributed by atoms with Gasteiger partial charge in [0, 0.05) is 0 Å². The minimum atomic E-state index is 1.14. The van der Waals surface area contributed by atoms with Gasteiger partial charge in [-0.2, -0.15) is 0 Å². The molecule has 0 radical (unpaired) electrons. The van der Waals surface area contributed by atoms with Crippen LogP contribution in [0.1, 0.15) is 32.1 Å². The summed E-state index contributed by atoms with van der Waals surface area (Å²) in [6, 6.07) is 0. The lowest BCUT2D eigenvalue weighted by Gasteiger charge is -2.18. The van der Waals surface area contributed by atoms with E-state index in [9.17, 15) is 0 Å². The summed E-state index contributed by atoms with van der Waals surface area (Å²) in [6.07, 6.45) is 6.83. The largest absolute Gasteiger partial charge is 0.320 e. The molecule has 0 saturated carbocycles. The van der Waals surface area contributed by atoms with Gasteiger partial charge < -0.3 is 15.1 Å². The molecule has 0 amide bonds. The van der Waals surface area contributed by atoms with Gasteiger partial charge in [-0.15, -0.1) is 0 Å². The molecule has 0 aliphatic carbocycles. The van der Waals surface area contributed by atoms with Gasteiger partial charge in [0.2, 0.25) is 0 Å². The van der Waals surface area contributed by atoms with Crippen LogP contribution in [0.25, 0.3) is 0 Å². The maximum Gasteiger partial charge on any atom is -0.000969 e. The number of unbranched alkanes of at least 4 members (excludes halogenated alkanes) is 1. The Kier molecular flexibility index (Phi) is 7.81. The molecule has 1 aliphatic rings. The fourth-order valence-corrected chi connectivity index (χ4v) is 2.36. The Morgan fingerprint density at radius 2 is 1.75 bits per heavy atom.